The van der Waals surface area contributed by atoms with Gasteiger partial charge in [-0.2, -0.15) is 0 Å². The SMILES string of the molecule is Cc1c(O)cccc1C(=O)N1CCOC2CCCC21. The number of amides is 1. The molecule has 1 saturated heterocycles. The molecular weight excluding hydrogens is 242 g/mol. The summed E-state index contributed by atoms with van der Waals surface area (Å²) in [6.45, 7) is 3.05. The second kappa shape index (κ2) is 4.85. The third kappa shape index (κ3) is 2.10. The number of carbonyl (C=O) groups excluding carboxylic acids is 1. The minimum Gasteiger partial charge on any atom is -0.508 e. The minimum absolute atomic E-state index is 0.0219. The van der Waals surface area contributed by atoms with Gasteiger partial charge in [0.2, 0.25) is 0 Å². The van der Waals surface area contributed by atoms with Gasteiger partial charge < -0.3 is 14.7 Å². The number of fused-ring (bicyclic) bond motifs is 1. The lowest BCUT2D eigenvalue weighted by atomic mass is 10.0. The van der Waals surface area contributed by atoms with Crippen LogP contribution in [0.1, 0.15) is 35.2 Å². The maximum absolute atomic E-state index is 12.7. The second-order valence-corrected chi connectivity index (χ2v) is 5.36. The molecule has 1 aliphatic heterocycles. The quantitative estimate of drug-likeness (QED) is 0.842. The maximum Gasteiger partial charge on any atom is 0.254 e. The smallest absolute Gasteiger partial charge is 0.254 e. The lowest BCUT2D eigenvalue weighted by molar-refractivity contribution is -0.0445. The number of ether oxygens (including phenoxy) is 1. The van der Waals surface area contributed by atoms with Crippen molar-refractivity contribution >= 4 is 5.91 Å². The zero-order valence-corrected chi connectivity index (χ0v) is 11.1. The van der Waals surface area contributed by atoms with Crippen LogP contribution in [0.25, 0.3) is 0 Å². The summed E-state index contributed by atoms with van der Waals surface area (Å²) in [6.07, 6.45) is 3.40. The van der Waals surface area contributed by atoms with Crippen molar-refractivity contribution in [2.45, 2.75) is 38.3 Å². The standard InChI is InChI=1S/C15H19NO3/c1-10-11(4-2-6-13(10)17)15(18)16-8-9-19-14-7-3-5-12(14)16/h2,4,6,12,14,17H,3,5,7-9H2,1H3. The van der Waals surface area contributed by atoms with Crippen LogP contribution in [0.5, 0.6) is 5.75 Å². The number of rotatable bonds is 1. The Balaban J connectivity index is 1.88. The highest BCUT2D eigenvalue weighted by Crippen LogP contribution is 2.31. The number of hydrogen-bond donors (Lipinski definition) is 1. The highest BCUT2D eigenvalue weighted by Gasteiger charge is 2.38. The van der Waals surface area contributed by atoms with Gasteiger partial charge >= 0.3 is 0 Å². The normalized spacial score (nSPS) is 26.3. The van der Waals surface area contributed by atoms with Crippen molar-refractivity contribution in [2.75, 3.05) is 13.2 Å². The molecule has 2 atom stereocenters. The van der Waals surface area contributed by atoms with Crippen molar-refractivity contribution in [3.63, 3.8) is 0 Å². The van der Waals surface area contributed by atoms with Crippen LogP contribution in [-0.2, 0) is 4.74 Å². The van der Waals surface area contributed by atoms with E-state index in [1.54, 1.807) is 25.1 Å². The molecule has 0 bridgehead atoms. The molecule has 3 rings (SSSR count). The van der Waals surface area contributed by atoms with Gasteiger partial charge in [-0.05, 0) is 38.3 Å². The Morgan fingerprint density at radius 1 is 1.42 bits per heavy atom. The Morgan fingerprint density at radius 2 is 2.26 bits per heavy atom. The fourth-order valence-corrected chi connectivity index (χ4v) is 3.19. The van der Waals surface area contributed by atoms with Crippen LogP contribution >= 0.6 is 0 Å². The summed E-state index contributed by atoms with van der Waals surface area (Å²) in [6, 6.07) is 5.34. The van der Waals surface area contributed by atoms with Crippen molar-refractivity contribution in [2.24, 2.45) is 0 Å². The van der Waals surface area contributed by atoms with E-state index >= 15 is 0 Å². The molecular formula is C15H19NO3. The van der Waals surface area contributed by atoms with E-state index in [-0.39, 0.29) is 23.8 Å². The van der Waals surface area contributed by atoms with E-state index in [1.165, 1.54) is 0 Å². The Hall–Kier alpha value is -1.55. The maximum atomic E-state index is 12.7. The Kier molecular flexibility index (Phi) is 3.19. The predicted molar refractivity (Wildman–Crippen MR) is 71.3 cm³/mol. The molecule has 4 heteroatoms. The summed E-state index contributed by atoms with van der Waals surface area (Å²) in [7, 11) is 0. The lowest BCUT2D eigenvalue weighted by Gasteiger charge is -2.38. The van der Waals surface area contributed by atoms with Crippen LogP contribution in [0.15, 0.2) is 18.2 Å². The van der Waals surface area contributed by atoms with Crippen molar-refractivity contribution in [3.05, 3.63) is 29.3 Å². The number of phenolic OH excluding ortho intramolecular Hbond substituents is 1. The van der Waals surface area contributed by atoms with Crippen LogP contribution < -0.4 is 0 Å². The number of aromatic hydroxyl groups is 1. The molecule has 1 aliphatic carbocycles. The number of carbonyl (C=O) groups is 1. The predicted octanol–water partition coefficient (Wildman–Crippen LogP) is 2.09. The molecule has 1 N–H and O–H groups in total. The van der Waals surface area contributed by atoms with Crippen LogP contribution in [0.3, 0.4) is 0 Å². The number of nitrogens with zero attached hydrogens (tertiary/aromatic N) is 1. The summed E-state index contributed by atoms with van der Waals surface area (Å²) in [5.74, 6) is 0.204. The number of phenols is 1. The Morgan fingerprint density at radius 3 is 3.11 bits per heavy atom. The average molecular weight is 261 g/mol. The average Bonchev–Trinajstić information content (AvgIpc) is 2.89. The zero-order valence-electron chi connectivity index (χ0n) is 11.1. The molecule has 0 aromatic heterocycles. The minimum atomic E-state index is 0.0219. The molecule has 1 amide bonds. The van der Waals surface area contributed by atoms with E-state index in [9.17, 15) is 9.90 Å². The highest BCUT2D eigenvalue weighted by molar-refractivity contribution is 5.96. The molecule has 0 spiro atoms. The second-order valence-electron chi connectivity index (χ2n) is 5.36. The van der Waals surface area contributed by atoms with E-state index in [4.69, 9.17) is 4.74 Å². The summed E-state index contributed by atoms with van der Waals surface area (Å²) in [5.41, 5.74) is 1.26. The van der Waals surface area contributed by atoms with Crippen LogP contribution in [-0.4, -0.2) is 41.2 Å². The fourth-order valence-electron chi connectivity index (χ4n) is 3.19. The molecule has 2 unspecified atom stereocenters. The molecule has 19 heavy (non-hydrogen) atoms. The Bertz CT molecular complexity index is 500. The van der Waals surface area contributed by atoms with E-state index < -0.39 is 0 Å². The summed E-state index contributed by atoms with van der Waals surface area (Å²) in [4.78, 5) is 14.6. The van der Waals surface area contributed by atoms with Gasteiger partial charge in [-0.25, -0.2) is 0 Å². The monoisotopic (exact) mass is 261 g/mol. The number of morpholine rings is 1. The third-order valence-electron chi connectivity index (χ3n) is 4.28. The molecule has 2 fully saturated rings. The van der Waals surface area contributed by atoms with Gasteiger partial charge in [0.25, 0.3) is 5.91 Å². The van der Waals surface area contributed by atoms with E-state index in [1.807, 2.05) is 4.90 Å². The molecule has 2 aliphatic rings. The highest BCUT2D eigenvalue weighted by atomic mass is 16.5. The summed E-state index contributed by atoms with van der Waals surface area (Å²) in [5, 5.41) is 9.74. The van der Waals surface area contributed by atoms with Gasteiger partial charge in [0.05, 0.1) is 18.8 Å². The first-order chi connectivity index (χ1) is 9.18. The van der Waals surface area contributed by atoms with Crippen molar-refractivity contribution in [1.82, 2.24) is 4.90 Å². The fraction of sp³-hybridized carbons (Fsp3) is 0.533. The summed E-state index contributed by atoms with van der Waals surface area (Å²) < 4.78 is 5.73. The lowest BCUT2D eigenvalue weighted by Crippen LogP contribution is -2.51. The molecule has 1 aromatic carbocycles. The van der Waals surface area contributed by atoms with E-state index in [0.717, 1.165) is 19.3 Å². The first kappa shape index (κ1) is 12.5. The Labute approximate surface area is 113 Å². The van der Waals surface area contributed by atoms with E-state index in [0.29, 0.717) is 24.3 Å². The van der Waals surface area contributed by atoms with Crippen LogP contribution in [0.2, 0.25) is 0 Å². The number of hydrogen-bond acceptors (Lipinski definition) is 3. The topological polar surface area (TPSA) is 49.8 Å². The largest absolute Gasteiger partial charge is 0.508 e. The molecule has 4 nitrogen and oxygen atoms in total. The zero-order chi connectivity index (χ0) is 13.4. The molecule has 0 radical (unpaired) electrons. The first-order valence-corrected chi connectivity index (χ1v) is 6.89. The molecule has 1 heterocycles. The van der Waals surface area contributed by atoms with Gasteiger partial charge in [-0.3, -0.25) is 4.79 Å². The third-order valence-corrected chi connectivity index (χ3v) is 4.28. The van der Waals surface area contributed by atoms with Crippen molar-refractivity contribution in [1.29, 1.82) is 0 Å². The van der Waals surface area contributed by atoms with Gasteiger partial charge in [0, 0.05) is 17.7 Å². The molecule has 102 valence electrons. The van der Waals surface area contributed by atoms with Gasteiger partial charge in [0.15, 0.2) is 0 Å². The van der Waals surface area contributed by atoms with Gasteiger partial charge in [-0.15, -0.1) is 0 Å². The van der Waals surface area contributed by atoms with Crippen LogP contribution in [0.4, 0.5) is 0 Å². The van der Waals surface area contributed by atoms with Crippen molar-refractivity contribution in [3.8, 4) is 5.75 Å². The van der Waals surface area contributed by atoms with Crippen LogP contribution in [0, 0.1) is 6.92 Å². The summed E-state index contributed by atoms with van der Waals surface area (Å²) >= 11 is 0. The van der Waals surface area contributed by atoms with Gasteiger partial charge in [0.1, 0.15) is 5.75 Å². The van der Waals surface area contributed by atoms with Crippen molar-refractivity contribution < 1.29 is 14.6 Å². The number of benzene rings is 1. The van der Waals surface area contributed by atoms with Gasteiger partial charge in [-0.1, -0.05) is 6.07 Å². The molecule has 1 saturated carbocycles. The first-order valence-electron chi connectivity index (χ1n) is 6.89. The molecule has 1 aromatic rings. The van der Waals surface area contributed by atoms with E-state index in [2.05, 4.69) is 0 Å².